The summed E-state index contributed by atoms with van der Waals surface area (Å²) in [6.07, 6.45) is 7.85. The Morgan fingerprint density at radius 3 is 2.52 bits per heavy atom. The van der Waals surface area contributed by atoms with Crippen molar-refractivity contribution in [3.05, 3.63) is 65.7 Å². The minimum absolute atomic E-state index is 0.133. The molecule has 1 aliphatic carbocycles. The van der Waals surface area contributed by atoms with Gasteiger partial charge in [0.2, 0.25) is 0 Å². The Morgan fingerprint density at radius 1 is 1.04 bits per heavy atom. The molecule has 0 bridgehead atoms. The van der Waals surface area contributed by atoms with Gasteiger partial charge in [-0.05, 0) is 67.7 Å². The second kappa shape index (κ2) is 9.47. The fourth-order valence-electron chi connectivity index (χ4n) is 3.25. The van der Waals surface area contributed by atoms with E-state index in [4.69, 9.17) is 14.2 Å². The molecule has 0 aliphatic heterocycles. The van der Waals surface area contributed by atoms with Crippen LogP contribution in [-0.2, 0) is 6.54 Å². The smallest absolute Gasteiger partial charge is 0.162 e. The zero-order valence-electron chi connectivity index (χ0n) is 16.4. The summed E-state index contributed by atoms with van der Waals surface area (Å²) >= 11 is 0. The minimum Gasteiger partial charge on any atom is -0.497 e. The number of benzene rings is 2. The Morgan fingerprint density at radius 2 is 1.85 bits per heavy atom. The quantitative estimate of drug-likeness (QED) is 0.663. The van der Waals surface area contributed by atoms with Crippen LogP contribution in [0, 0.1) is 0 Å². The molecule has 0 aromatic heterocycles. The third kappa shape index (κ3) is 5.27. The molecule has 1 aliphatic rings. The molecule has 4 nitrogen and oxygen atoms in total. The van der Waals surface area contributed by atoms with E-state index in [1.165, 1.54) is 17.5 Å². The van der Waals surface area contributed by atoms with Gasteiger partial charge in [-0.1, -0.05) is 24.3 Å². The molecule has 1 unspecified atom stereocenters. The van der Waals surface area contributed by atoms with Gasteiger partial charge in [0.25, 0.3) is 0 Å². The number of hydrogen-bond donors (Lipinski definition) is 1. The van der Waals surface area contributed by atoms with E-state index in [0.29, 0.717) is 0 Å². The third-order valence-electron chi connectivity index (χ3n) is 4.94. The molecule has 4 heteroatoms. The molecule has 0 saturated carbocycles. The molecule has 2 aromatic carbocycles. The molecule has 2 atom stereocenters. The predicted octanol–water partition coefficient (Wildman–Crippen LogP) is 5.04. The van der Waals surface area contributed by atoms with Gasteiger partial charge in [0, 0.05) is 12.6 Å². The molecule has 0 radical (unpaired) electrons. The van der Waals surface area contributed by atoms with Gasteiger partial charge in [0.1, 0.15) is 11.9 Å². The molecule has 0 fully saturated rings. The Kier molecular flexibility index (Phi) is 6.77. The van der Waals surface area contributed by atoms with E-state index < -0.39 is 0 Å². The van der Waals surface area contributed by atoms with Crippen LogP contribution in [0.5, 0.6) is 17.2 Å². The molecule has 1 N–H and O–H groups in total. The first-order chi connectivity index (χ1) is 13.2. The maximum Gasteiger partial charge on any atom is 0.162 e. The standard InChI is InChI=1S/C23H29NO3/c1-17(19-10-12-20(25-2)13-11-19)24-16-18-9-14-22(26-3)23(15-18)27-21-7-5-4-6-8-21/h5,7,9-15,17,21,24H,4,6,8,16H2,1-3H3/t17?,21-/m0/s1. The maximum absolute atomic E-state index is 6.18. The van der Waals surface area contributed by atoms with Crippen LogP contribution >= 0.6 is 0 Å². The van der Waals surface area contributed by atoms with Crippen molar-refractivity contribution in [2.75, 3.05) is 14.2 Å². The Labute approximate surface area is 162 Å². The summed E-state index contributed by atoms with van der Waals surface area (Å²) in [7, 11) is 3.37. The van der Waals surface area contributed by atoms with Gasteiger partial charge in [-0.3, -0.25) is 0 Å². The molecule has 0 heterocycles. The number of hydrogen-bond acceptors (Lipinski definition) is 4. The molecular formula is C23H29NO3. The van der Waals surface area contributed by atoms with E-state index in [1.807, 2.05) is 18.2 Å². The zero-order valence-corrected chi connectivity index (χ0v) is 16.4. The van der Waals surface area contributed by atoms with Crippen LogP contribution in [0.1, 0.15) is 43.4 Å². The van der Waals surface area contributed by atoms with Crippen LogP contribution in [0.2, 0.25) is 0 Å². The summed E-state index contributed by atoms with van der Waals surface area (Å²) in [5.74, 6) is 2.46. The largest absolute Gasteiger partial charge is 0.497 e. The normalized spacial score (nSPS) is 17.4. The zero-order chi connectivity index (χ0) is 19.1. The fourth-order valence-corrected chi connectivity index (χ4v) is 3.25. The lowest BCUT2D eigenvalue weighted by Crippen LogP contribution is -2.19. The summed E-state index contributed by atoms with van der Waals surface area (Å²) < 4.78 is 16.9. The fraction of sp³-hybridized carbons (Fsp3) is 0.391. The van der Waals surface area contributed by atoms with E-state index in [2.05, 4.69) is 48.7 Å². The van der Waals surface area contributed by atoms with E-state index in [0.717, 1.165) is 36.6 Å². The van der Waals surface area contributed by atoms with Gasteiger partial charge < -0.3 is 19.5 Å². The predicted molar refractivity (Wildman–Crippen MR) is 109 cm³/mol. The number of methoxy groups -OCH3 is 2. The van der Waals surface area contributed by atoms with Crippen LogP contribution in [0.3, 0.4) is 0 Å². The highest BCUT2D eigenvalue weighted by atomic mass is 16.5. The van der Waals surface area contributed by atoms with Crippen LogP contribution in [-0.4, -0.2) is 20.3 Å². The summed E-state index contributed by atoms with van der Waals surface area (Å²) in [5.41, 5.74) is 2.40. The summed E-state index contributed by atoms with van der Waals surface area (Å²) in [6.45, 7) is 2.92. The molecule has 27 heavy (non-hydrogen) atoms. The average Bonchev–Trinajstić information content (AvgIpc) is 2.73. The van der Waals surface area contributed by atoms with Gasteiger partial charge in [0.05, 0.1) is 14.2 Å². The van der Waals surface area contributed by atoms with E-state index in [1.54, 1.807) is 14.2 Å². The van der Waals surface area contributed by atoms with E-state index in [9.17, 15) is 0 Å². The van der Waals surface area contributed by atoms with E-state index >= 15 is 0 Å². The number of allylic oxidation sites excluding steroid dienone is 1. The van der Waals surface area contributed by atoms with Gasteiger partial charge in [-0.2, -0.15) is 0 Å². The van der Waals surface area contributed by atoms with Crippen molar-refractivity contribution in [2.45, 2.75) is 44.9 Å². The van der Waals surface area contributed by atoms with Crippen LogP contribution in [0.15, 0.2) is 54.6 Å². The summed E-state index contributed by atoms with van der Waals surface area (Å²) in [4.78, 5) is 0. The topological polar surface area (TPSA) is 39.7 Å². The van der Waals surface area contributed by atoms with Gasteiger partial charge in [-0.15, -0.1) is 0 Å². The van der Waals surface area contributed by atoms with Crippen molar-refractivity contribution < 1.29 is 14.2 Å². The van der Waals surface area contributed by atoms with Crippen molar-refractivity contribution >= 4 is 0 Å². The monoisotopic (exact) mass is 367 g/mol. The molecule has 2 aromatic rings. The first kappa shape index (κ1) is 19.3. The lowest BCUT2D eigenvalue weighted by molar-refractivity contribution is 0.219. The molecular weight excluding hydrogens is 338 g/mol. The summed E-state index contributed by atoms with van der Waals surface area (Å²) in [5, 5.41) is 3.57. The second-order valence-electron chi connectivity index (χ2n) is 6.88. The van der Waals surface area contributed by atoms with Gasteiger partial charge >= 0.3 is 0 Å². The van der Waals surface area contributed by atoms with Crippen LogP contribution in [0.25, 0.3) is 0 Å². The lowest BCUT2D eigenvalue weighted by atomic mass is 10.1. The first-order valence-electron chi connectivity index (χ1n) is 9.57. The van der Waals surface area contributed by atoms with Crippen molar-refractivity contribution in [1.29, 1.82) is 0 Å². The van der Waals surface area contributed by atoms with Gasteiger partial charge in [0.15, 0.2) is 11.5 Å². The van der Waals surface area contributed by atoms with Crippen LogP contribution < -0.4 is 19.5 Å². The number of nitrogens with one attached hydrogen (secondary N) is 1. The number of ether oxygens (including phenoxy) is 3. The van der Waals surface area contributed by atoms with Crippen molar-refractivity contribution in [3.8, 4) is 17.2 Å². The average molecular weight is 367 g/mol. The maximum atomic E-state index is 6.18. The SMILES string of the molecule is COc1ccc(C(C)NCc2ccc(OC)c(O[C@H]3C=CCCC3)c2)cc1. The molecule has 0 amide bonds. The van der Waals surface area contributed by atoms with Gasteiger partial charge in [-0.25, -0.2) is 0 Å². The number of rotatable bonds is 8. The second-order valence-corrected chi connectivity index (χ2v) is 6.88. The van der Waals surface area contributed by atoms with Crippen molar-refractivity contribution in [3.63, 3.8) is 0 Å². The molecule has 0 spiro atoms. The Balaban J connectivity index is 1.64. The first-order valence-corrected chi connectivity index (χ1v) is 9.57. The molecule has 3 rings (SSSR count). The van der Waals surface area contributed by atoms with Crippen LogP contribution in [0.4, 0.5) is 0 Å². The van der Waals surface area contributed by atoms with Crippen molar-refractivity contribution in [1.82, 2.24) is 5.32 Å². The third-order valence-corrected chi connectivity index (χ3v) is 4.94. The lowest BCUT2D eigenvalue weighted by Gasteiger charge is -2.21. The van der Waals surface area contributed by atoms with E-state index in [-0.39, 0.29) is 12.1 Å². The minimum atomic E-state index is 0.133. The van der Waals surface area contributed by atoms with Crippen molar-refractivity contribution in [2.24, 2.45) is 0 Å². The summed E-state index contributed by atoms with van der Waals surface area (Å²) in [6, 6.07) is 14.5. The Bertz CT molecular complexity index is 755. The molecule has 144 valence electrons. The Hall–Kier alpha value is -2.46. The highest BCUT2D eigenvalue weighted by molar-refractivity contribution is 5.43. The highest BCUT2D eigenvalue weighted by Crippen LogP contribution is 2.31. The highest BCUT2D eigenvalue weighted by Gasteiger charge is 2.14. The molecule has 0 saturated heterocycles.